The molecule has 0 aliphatic heterocycles. The van der Waals surface area contributed by atoms with Crippen molar-refractivity contribution in [1.29, 1.82) is 0 Å². The number of nitrogens with zero attached hydrogens (tertiary/aromatic N) is 3. The minimum atomic E-state index is -3.74. The predicted molar refractivity (Wildman–Crippen MR) is 103 cm³/mol. The number of carbonyl (C=O) groups is 1. The molecule has 0 saturated carbocycles. The van der Waals surface area contributed by atoms with Crippen molar-refractivity contribution < 1.29 is 17.6 Å². The number of hydrogen-bond acceptors (Lipinski definition) is 6. The third-order valence-electron chi connectivity index (χ3n) is 3.87. The number of furan rings is 1. The Morgan fingerprint density at radius 1 is 1.25 bits per heavy atom. The van der Waals surface area contributed by atoms with Crippen molar-refractivity contribution in [3.05, 3.63) is 59.6 Å². The van der Waals surface area contributed by atoms with Crippen LogP contribution in [0.5, 0.6) is 0 Å². The first-order chi connectivity index (χ1) is 13.2. The van der Waals surface area contributed by atoms with Gasteiger partial charge in [-0.1, -0.05) is 0 Å². The molecule has 3 N–H and O–H groups in total. The Morgan fingerprint density at radius 2 is 1.96 bits per heavy atom. The van der Waals surface area contributed by atoms with E-state index in [2.05, 4.69) is 15.6 Å². The Balaban J connectivity index is 1.61. The van der Waals surface area contributed by atoms with Gasteiger partial charge in [0.2, 0.25) is 10.0 Å². The lowest BCUT2D eigenvalue weighted by molar-refractivity contribution is -0.121. The molecule has 1 aromatic carbocycles. The molecule has 0 radical (unpaired) electrons. The molecule has 0 saturated heterocycles. The van der Waals surface area contributed by atoms with Crippen molar-refractivity contribution in [3.63, 3.8) is 0 Å². The molecular weight excluding hydrogens is 382 g/mol. The van der Waals surface area contributed by atoms with Crippen LogP contribution in [0.3, 0.4) is 0 Å². The van der Waals surface area contributed by atoms with E-state index in [9.17, 15) is 13.2 Å². The third kappa shape index (κ3) is 4.72. The van der Waals surface area contributed by atoms with Crippen LogP contribution in [0.15, 0.2) is 56.9 Å². The summed E-state index contributed by atoms with van der Waals surface area (Å²) < 4.78 is 29.8. The van der Waals surface area contributed by atoms with E-state index in [1.54, 1.807) is 28.9 Å². The van der Waals surface area contributed by atoms with E-state index >= 15 is 0 Å². The van der Waals surface area contributed by atoms with Crippen LogP contribution in [0.4, 0.5) is 0 Å². The second kappa shape index (κ2) is 7.79. The fourth-order valence-electron chi connectivity index (χ4n) is 2.56. The minimum absolute atomic E-state index is 0.0231. The van der Waals surface area contributed by atoms with Gasteiger partial charge >= 0.3 is 0 Å². The Kier molecular flexibility index (Phi) is 5.43. The zero-order chi connectivity index (χ0) is 20.3. The largest absolute Gasteiger partial charge is 0.455 e. The van der Waals surface area contributed by atoms with Gasteiger partial charge in [-0.25, -0.2) is 19.0 Å². The highest BCUT2D eigenvalue weighted by Gasteiger charge is 2.09. The van der Waals surface area contributed by atoms with Crippen molar-refractivity contribution in [3.8, 4) is 11.3 Å². The number of primary sulfonamides is 1. The number of rotatable bonds is 6. The highest BCUT2D eigenvalue weighted by Crippen LogP contribution is 2.22. The van der Waals surface area contributed by atoms with E-state index in [0.29, 0.717) is 17.1 Å². The molecule has 0 aliphatic carbocycles. The van der Waals surface area contributed by atoms with E-state index in [1.807, 2.05) is 19.9 Å². The van der Waals surface area contributed by atoms with Gasteiger partial charge in [0.1, 0.15) is 18.1 Å². The standard InChI is InChI=1S/C18H19N5O4S/c1-12-9-13(2)23(22-12)11-18(24)21-20-10-15-5-8-17(27-15)14-3-6-16(7-4-14)28(19,25)26/h3-10H,11H2,1-2H3,(H,21,24)(H2,19,25,26)/b20-10+. The van der Waals surface area contributed by atoms with Gasteiger partial charge in [-0.05, 0) is 56.3 Å². The maximum Gasteiger partial charge on any atom is 0.261 e. The Bertz CT molecular complexity index is 1130. The van der Waals surface area contributed by atoms with E-state index in [-0.39, 0.29) is 17.3 Å². The van der Waals surface area contributed by atoms with Gasteiger partial charge in [-0.15, -0.1) is 0 Å². The molecule has 2 heterocycles. The van der Waals surface area contributed by atoms with Crippen molar-refractivity contribution in [2.75, 3.05) is 0 Å². The number of aryl methyl sites for hydroxylation is 2. The van der Waals surface area contributed by atoms with Crippen LogP contribution < -0.4 is 10.6 Å². The lowest BCUT2D eigenvalue weighted by Gasteiger charge is -2.02. The van der Waals surface area contributed by atoms with Gasteiger partial charge < -0.3 is 4.42 Å². The molecule has 28 heavy (non-hydrogen) atoms. The minimum Gasteiger partial charge on any atom is -0.455 e. The van der Waals surface area contributed by atoms with Gasteiger partial charge in [0.25, 0.3) is 5.91 Å². The van der Waals surface area contributed by atoms with Crippen LogP contribution in [0.25, 0.3) is 11.3 Å². The SMILES string of the molecule is Cc1cc(C)n(CC(=O)N/N=C/c2ccc(-c3ccc(S(N)(=O)=O)cc3)o2)n1. The number of nitrogens with two attached hydrogens (primary N) is 1. The molecule has 9 nitrogen and oxygen atoms in total. The smallest absolute Gasteiger partial charge is 0.261 e. The molecule has 0 aliphatic rings. The number of sulfonamides is 1. The summed E-state index contributed by atoms with van der Waals surface area (Å²) in [5, 5.41) is 13.2. The number of hydrogen-bond donors (Lipinski definition) is 2. The lowest BCUT2D eigenvalue weighted by Crippen LogP contribution is -2.24. The molecule has 3 rings (SSSR count). The van der Waals surface area contributed by atoms with Crippen LogP contribution in [-0.4, -0.2) is 30.3 Å². The third-order valence-corrected chi connectivity index (χ3v) is 4.80. The molecular formula is C18H19N5O4S. The number of benzene rings is 1. The molecule has 0 atom stereocenters. The second-order valence-electron chi connectivity index (χ2n) is 6.15. The van der Waals surface area contributed by atoms with Crippen LogP contribution in [0.1, 0.15) is 17.1 Å². The van der Waals surface area contributed by atoms with Gasteiger partial charge in [-0.2, -0.15) is 10.2 Å². The second-order valence-corrected chi connectivity index (χ2v) is 7.71. The number of aromatic nitrogens is 2. The quantitative estimate of drug-likeness (QED) is 0.478. The summed E-state index contributed by atoms with van der Waals surface area (Å²) in [6.45, 7) is 3.80. The summed E-state index contributed by atoms with van der Waals surface area (Å²) in [6.07, 6.45) is 1.38. The van der Waals surface area contributed by atoms with Crippen LogP contribution in [-0.2, 0) is 21.4 Å². The van der Waals surface area contributed by atoms with Crippen molar-refractivity contribution in [2.45, 2.75) is 25.3 Å². The lowest BCUT2D eigenvalue weighted by atomic mass is 10.2. The number of nitrogens with one attached hydrogen (secondary N) is 1. The van der Waals surface area contributed by atoms with Gasteiger partial charge in [-0.3, -0.25) is 9.48 Å². The number of carbonyl (C=O) groups excluding carboxylic acids is 1. The molecule has 0 spiro atoms. The van der Waals surface area contributed by atoms with Crippen LogP contribution >= 0.6 is 0 Å². The summed E-state index contributed by atoms with van der Waals surface area (Å²) in [6, 6.07) is 11.3. The first kappa shape index (κ1) is 19.5. The molecule has 0 fully saturated rings. The zero-order valence-corrected chi connectivity index (χ0v) is 16.1. The van der Waals surface area contributed by atoms with Crippen molar-refractivity contribution in [1.82, 2.24) is 15.2 Å². The summed E-state index contributed by atoms with van der Waals surface area (Å²) in [5.41, 5.74) is 4.83. The van der Waals surface area contributed by atoms with E-state index in [0.717, 1.165) is 11.4 Å². The van der Waals surface area contributed by atoms with E-state index in [4.69, 9.17) is 9.56 Å². The molecule has 2 aromatic heterocycles. The molecule has 1 amide bonds. The van der Waals surface area contributed by atoms with Gasteiger partial charge in [0, 0.05) is 11.3 Å². The highest BCUT2D eigenvalue weighted by molar-refractivity contribution is 7.89. The summed E-state index contributed by atoms with van der Waals surface area (Å²) in [5.74, 6) is 0.640. The van der Waals surface area contributed by atoms with Crippen molar-refractivity contribution in [2.24, 2.45) is 10.2 Å². The van der Waals surface area contributed by atoms with Crippen molar-refractivity contribution >= 4 is 22.1 Å². The Morgan fingerprint density at radius 3 is 2.57 bits per heavy atom. The van der Waals surface area contributed by atoms with Gasteiger partial charge in [0.15, 0.2) is 0 Å². The Labute approximate surface area is 161 Å². The summed E-state index contributed by atoms with van der Waals surface area (Å²) in [4.78, 5) is 12.0. The average molecular weight is 401 g/mol. The van der Waals surface area contributed by atoms with Gasteiger partial charge in [0.05, 0.1) is 16.8 Å². The maximum atomic E-state index is 11.9. The topological polar surface area (TPSA) is 133 Å². The molecule has 0 bridgehead atoms. The Hall–Kier alpha value is -3.24. The fourth-order valence-corrected chi connectivity index (χ4v) is 3.08. The maximum absolute atomic E-state index is 11.9. The molecule has 0 unspecified atom stereocenters. The first-order valence-electron chi connectivity index (χ1n) is 8.28. The van der Waals surface area contributed by atoms with Crippen LogP contribution in [0.2, 0.25) is 0 Å². The normalized spacial score (nSPS) is 11.8. The first-order valence-corrected chi connectivity index (χ1v) is 9.83. The molecule has 146 valence electrons. The molecule has 10 heteroatoms. The highest BCUT2D eigenvalue weighted by atomic mass is 32.2. The summed E-state index contributed by atoms with van der Waals surface area (Å²) in [7, 11) is -3.74. The number of hydrazone groups is 1. The molecule has 3 aromatic rings. The zero-order valence-electron chi connectivity index (χ0n) is 15.3. The summed E-state index contributed by atoms with van der Waals surface area (Å²) >= 11 is 0. The van der Waals surface area contributed by atoms with E-state index in [1.165, 1.54) is 18.3 Å². The fraction of sp³-hybridized carbons (Fsp3) is 0.167. The monoisotopic (exact) mass is 401 g/mol. The number of amides is 1. The van der Waals surface area contributed by atoms with Crippen LogP contribution in [0, 0.1) is 13.8 Å². The predicted octanol–water partition coefficient (Wildman–Crippen LogP) is 1.56. The van der Waals surface area contributed by atoms with E-state index < -0.39 is 10.0 Å². The average Bonchev–Trinajstić information content (AvgIpc) is 3.21.